The summed E-state index contributed by atoms with van der Waals surface area (Å²) in [6, 6.07) is 0.374. The first kappa shape index (κ1) is 13.6. The number of hydrogen-bond donors (Lipinski definition) is 1. The largest absolute Gasteiger partial charge is 0.477 e. The molecule has 0 radical (unpaired) electrons. The third-order valence-corrected chi connectivity index (χ3v) is 2.01. The minimum Gasteiger partial charge on any atom is -0.477 e. The average molecular weight is 276 g/mol. The van der Waals surface area contributed by atoms with Crippen LogP contribution in [0.3, 0.4) is 0 Å². The number of hydrogen-bond acceptors (Lipinski definition) is 2. The minimum atomic E-state index is -5.13. The molecule has 1 aromatic heterocycles. The Morgan fingerprint density at radius 1 is 1.41 bits per heavy atom. The van der Waals surface area contributed by atoms with E-state index in [0.29, 0.717) is 6.07 Å². The van der Waals surface area contributed by atoms with E-state index in [1.807, 2.05) is 0 Å². The van der Waals surface area contributed by atoms with Gasteiger partial charge in [0.1, 0.15) is 17.0 Å². The second kappa shape index (κ2) is 4.44. The fraction of sp³-hybridized carbons (Fsp3) is 0.250. The highest BCUT2D eigenvalue weighted by Gasteiger charge is 2.40. The maximum atomic E-state index is 12.4. The first-order chi connectivity index (χ1) is 7.64. The minimum absolute atomic E-state index is 0.374. The Bertz CT molecular complexity index is 460. The lowest BCUT2D eigenvalue weighted by atomic mass is 10.1. The average Bonchev–Trinajstić information content (AvgIpc) is 2.13. The number of carboxylic acid groups (broad SMARTS) is 1. The highest BCUT2D eigenvalue weighted by atomic mass is 35.5. The van der Waals surface area contributed by atoms with Gasteiger partial charge in [-0.05, 0) is 6.07 Å². The SMILES string of the molecule is O=C(O)c1cc(Cl)c(C(F)(F)F)c(C(F)F)n1. The van der Waals surface area contributed by atoms with Crippen LogP contribution in [0.25, 0.3) is 0 Å². The van der Waals surface area contributed by atoms with Crippen molar-refractivity contribution in [3.8, 4) is 0 Å². The molecular weight excluding hydrogens is 273 g/mol. The van der Waals surface area contributed by atoms with Crippen molar-refractivity contribution >= 4 is 17.6 Å². The molecule has 1 aromatic rings. The summed E-state index contributed by atoms with van der Waals surface area (Å²) in [5, 5.41) is 7.34. The predicted molar refractivity (Wildman–Crippen MR) is 46.2 cm³/mol. The van der Waals surface area contributed by atoms with Crippen LogP contribution in [-0.4, -0.2) is 16.1 Å². The van der Waals surface area contributed by atoms with Gasteiger partial charge in [0.15, 0.2) is 0 Å². The van der Waals surface area contributed by atoms with Gasteiger partial charge in [-0.1, -0.05) is 11.6 Å². The molecule has 0 aliphatic heterocycles. The molecule has 1 rings (SSSR count). The molecular formula is C8H3ClF5NO2. The molecule has 0 amide bonds. The fourth-order valence-corrected chi connectivity index (χ4v) is 1.39. The molecule has 0 saturated carbocycles. The molecule has 94 valence electrons. The number of aromatic carboxylic acids is 1. The molecule has 0 unspecified atom stereocenters. The molecule has 0 bridgehead atoms. The zero-order chi connectivity index (χ0) is 13.4. The Morgan fingerprint density at radius 3 is 2.29 bits per heavy atom. The highest BCUT2D eigenvalue weighted by molar-refractivity contribution is 6.31. The molecule has 0 saturated heterocycles. The Hall–Kier alpha value is -1.44. The molecule has 3 nitrogen and oxygen atoms in total. The van der Waals surface area contributed by atoms with Crippen LogP contribution < -0.4 is 0 Å². The standard InChI is InChI=1S/C8H3ClF5NO2/c9-2-1-3(7(16)17)15-5(6(10)11)4(2)8(12,13)14/h1,6H,(H,16,17). The van der Waals surface area contributed by atoms with Crippen LogP contribution in [0.15, 0.2) is 6.07 Å². The monoisotopic (exact) mass is 275 g/mol. The van der Waals surface area contributed by atoms with Crippen molar-refractivity contribution in [2.75, 3.05) is 0 Å². The van der Waals surface area contributed by atoms with Crippen molar-refractivity contribution in [2.45, 2.75) is 12.6 Å². The van der Waals surface area contributed by atoms with E-state index >= 15 is 0 Å². The summed E-state index contributed by atoms with van der Waals surface area (Å²) in [5.74, 6) is -1.75. The van der Waals surface area contributed by atoms with Gasteiger partial charge in [0.2, 0.25) is 0 Å². The Balaban J connectivity index is 3.55. The van der Waals surface area contributed by atoms with Gasteiger partial charge in [-0.25, -0.2) is 18.6 Å². The van der Waals surface area contributed by atoms with Crippen LogP contribution in [0.1, 0.15) is 28.2 Å². The molecule has 0 aromatic carbocycles. The zero-order valence-corrected chi connectivity index (χ0v) is 8.48. The number of carboxylic acids is 1. The number of carbonyl (C=O) groups is 1. The fourth-order valence-electron chi connectivity index (χ4n) is 1.08. The van der Waals surface area contributed by atoms with E-state index < -0.39 is 40.5 Å². The van der Waals surface area contributed by atoms with Gasteiger partial charge in [-0.2, -0.15) is 13.2 Å². The van der Waals surface area contributed by atoms with E-state index in [1.165, 1.54) is 0 Å². The van der Waals surface area contributed by atoms with E-state index in [0.717, 1.165) is 0 Å². The van der Waals surface area contributed by atoms with Gasteiger partial charge in [-0.15, -0.1) is 0 Å². The van der Waals surface area contributed by atoms with E-state index in [2.05, 4.69) is 4.98 Å². The van der Waals surface area contributed by atoms with Crippen molar-refractivity contribution in [1.82, 2.24) is 4.98 Å². The second-order valence-corrected chi connectivity index (χ2v) is 3.26. The summed E-state index contributed by atoms with van der Waals surface area (Å²) in [6.45, 7) is 0. The maximum Gasteiger partial charge on any atom is 0.419 e. The van der Waals surface area contributed by atoms with Gasteiger partial charge in [0.05, 0.1) is 5.02 Å². The topological polar surface area (TPSA) is 50.2 Å². The number of nitrogens with zero attached hydrogens (tertiary/aromatic N) is 1. The number of alkyl halides is 5. The van der Waals surface area contributed by atoms with Gasteiger partial charge in [0.25, 0.3) is 6.43 Å². The van der Waals surface area contributed by atoms with Crippen LogP contribution in [0.2, 0.25) is 5.02 Å². The number of halogens is 6. The summed E-state index contributed by atoms with van der Waals surface area (Å²) in [7, 11) is 0. The molecule has 0 aliphatic carbocycles. The lowest BCUT2D eigenvalue weighted by Gasteiger charge is -2.13. The molecule has 1 heterocycles. The number of pyridine rings is 1. The summed E-state index contributed by atoms with van der Waals surface area (Å²) in [6.07, 6.45) is -8.71. The second-order valence-electron chi connectivity index (χ2n) is 2.85. The lowest BCUT2D eigenvalue weighted by Crippen LogP contribution is -2.15. The summed E-state index contributed by atoms with van der Waals surface area (Å²) in [5.41, 5.74) is -4.49. The molecule has 0 spiro atoms. The van der Waals surface area contributed by atoms with Gasteiger partial charge < -0.3 is 5.11 Å². The van der Waals surface area contributed by atoms with Crippen LogP contribution >= 0.6 is 11.6 Å². The predicted octanol–water partition coefficient (Wildman–Crippen LogP) is 3.39. The highest BCUT2D eigenvalue weighted by Crippen LogP contribution is 2.40. The van der Waals surface area contributed by atoms with Gasteiger partial charge in [0, 0.05) is 0 Å². The van der Waals surface area contributed by atoms with Crippen LogP contribution in [0.5, 0.6) is 0 Å². The molecule has 17 heavy (non-hydrogen) atoms. The van der Waals surface area contributed by atoms with Crippen LogP contribution in [0.4, 0.5) is 22.0 Å². The number of rotatable bonds is 2. The van der Waals surface area contributed by atoms with Crippen molar-refractivity contribution in [1.29, 1.82) is 0 Å². The Kier molecular flexibility index (Phi) is 3.56. The van der Waals surface area contributed by atoms with Crippen molar-refractivity contribution in [3.05, 3.63) is 28.0 Å². The van der Waals surface area contributed by atoms with Crippen LogP contribution in [-0.2, 0) is 6.18 Å². The van der Waals surface area contributed by atoms with E-state index in [-0.39, 0.29) is 0 Å². The third kappa shape index (κ3) is 2.82. The van der Waals surface area contributed by atoms with Crippen molar-refractivity contribution in [3.63, 3.8) is 0 Å². The number of aromatic nitrogens is 1. The van der Waals surface area contributed by atoms with Gasteiger partial charge >= 0.3 is 12.1 Å². The first-order valence-corrected chi connectivity index (χ1v) is 4.31. The third-order valence-electron chi connectivity index (χ3n) is 1.71. The van der Waals surface area contributed by atoms with E-state index in [9.17, 15) is 26.7 Å². The smallest absolute Gasteiger partial charge is 0.419 e. The molecule has 0 atom stereocenters. The summed E-state index contributed by atoms with van der Waals surface area (Å²) in [4.78, 5) is 13.2. The van der Waals surface area contributed by atoms with E-state index in [4.69, 9.17) is 16.7 Å². The van der Waals surface area contributed by atoms with Crippen LogP contribution in [0, 0.1) is 0 Å². The normalized spacial score (nSPS) is 11.9. The van der Waals surface area contributed by atoms with Crippen molar-refractivity contribution < 1.29 is 31.9 Å². The lowest BCUT2D eigenvalue weighted by molar-refractivity contribution is -0.139. The van der Waals surface area contributed by atoms with E-state index in [1.54, 1.807) is 0 Å². The molecule has 1 N–H and O–H groups in total. The first-order valence-electron chi connectivity index (χ1n) is 3.93. The quantitative estimate of drug-likeness (QED) is 0.842. The Labute approximate surface area is 95.8 Å². The van der Waals surface area contributed by atoms with Gasteiger partial charge in [-0.3, -0.25) is 0 Å². The molecule has 9 heteroatoms. The molecule has 0 aliphatic rings. The maximum absolute atomic E-state index is 12.4. The molecule has 0 fully saturated rings. The zero-order valence-electron chi connectivity index (χ0n) is 7.73. The summed E-state index contributed by atoms with van der Waals surface area (Å²) < 4.78 is 61.9. The Morgan fingerprint density at radius 2 is 1.94 bits per heavy atom. The summed E-state index contributed by atoms with van der Waals surface area (Å²) >= 11 is 5.15. The van der Waals surface area contributed by atoms with Crippen molar-refractivity contribution in [2.24, 2.45) is 0 Å².